The number of hydrogen-bond donors (Lipinski definition) is 16. The van der Waals surface area contributed by atoms with Crippen molar-refractivity contribution in [3.63, 3.8) is 0 Å². The fourth-order valence-corrected chi connectivity index (χ4v) is 11.5. The number of aromatic hydroxyl groups is 1. The summed E-state index contributed by atoms with van der Waals surface area (Å²) in [6, 6.07) is 13.5. The number of guanidine groups is 1. The standard InChI is InChI=1S/C70H92ClN17O14.ClH/c1-39(2)31-52(61(94)82-51(15-9-28-77-69(73)74)68(101)88-30-10-16-58(88)67(100)79-40(3)59(72)92)83-60(93)50(14-8-29-78-70(75)102)81-63(96)54(34-43-20-25-49(91)26-21-43)86-66(99)57(38-89)87-65(98)56(36-45-11-7-27-76-37-45)85-64(97)55(33-42-18-23-48(71)24-19-42)84-62(95)53(80-41(4)90)35-44-17-22-46-12-5-6-13-47(46)32-44;/h5-7,11-13,17-27,32,37,39-40,50-58,89,91H,8-10,14-16,28-31,33-36,38H2,1-4H3,(H2,72,92)(H,79,100)(H,80,90)(H,81,96)(H,82,94)(H,83,93)(H,84,95)(H,85,97)(H,86,99)(H,87,98)(H4,73,74,77)(H3,75,78,102);1H/t40-,50-,51+,52+,53-,54+,55-,56-,57+,58+;/m1./s1. The Hall–Kier alpha value is -10.7. The summed E-state index contributed by atoms with van der Waals surface area (Å²) in [5, 5.41) is 49.5. The maximum absolute atomic E-state index is 14.9. The summed E-state index contributed by atoms with van der Waals surface area (Å²) >= 11 is 6.23. The van der Waals surface area contributed by atoms with Crippen molar-refractivity contribution in [2.75, 3.05) is 26.2 Å². The molecule has 2 heterocycles. The van der Waals surface area contributed by atoms with Crippen LogP contribution in [-0.2, 0) is 78.4 Å². The number of aliphatic hydroxyl groups is 1. The SMILES string of the molecule is CC(=O)N[C@H](Cc1ccc2ccccc2c1)C(=O)N[C@H](Cc1ccc(Cl)cc1)C(=O)N[C@H](Cc1cccnc1)C(=O)N[C@@H](CO)C(=O)N[C@@H](Cc1ccc(O)cc1)C(=O)N[C@H](CCCNC(N)=O)C(=O)N[C@@H](CC(C)C)C(=O)N[C@@H](CCCN=C(N)N)C(=O)N1CCC[C@H]1C(=O)N[C@H](C)C(N)=O.Cl. The van der Waals surface area contributed by atoms with Crippen LogP contribution in [0.2, 0.25) is 5.02 Å². The molecule has 0 spiro atoms. The van der Waals surface area contributed by atoms with E-state index in [0.29, 0.717) is 33.7 Å². The number of likely N-dealkylation sites (tertiary alicyclic amines) is 1. The number of halogens is 2. The largest absolute Gasteiger partial charge is 0.508 e. The Morgan fingerprint density at radius 2 is 1.07 bits per heavy atom. The second kappa shape index (κ2) is 41.3. The van der Waals surface area contributed by atoms with Crippen molar-refractivity contribution in [1.29, 1.82) is 0 Å². The molecule has 0 saturated carbocycles. The minimum absolute atomic E-state index is 0. The molecule has 20 N–H and O–H groups in total. The molecule has 103 heavy (non-hydrogen) atoms. The lowest BCUT2D eigenvalue weighted by atomic mass is 9.99. The summed E-state index contributed by atoms with van der Waals surface area (Å²) < 4.78 is 0. The van der Waals surface area contributed by atoms with Crippen LogP contribution in [-0.4, -0.2) is 184 Å². The Labute approximate surface area is 607 Å². The van der Waals surface area contributed by atoms with Crippen LogP contribution >= 0.6 is 24.0 Å². The van der Waals surface area contributed by atoms with Crippen LogP contribution in [0.1, 0.15) is 94.9 Å². The smallest absolute Gasteiger partial charge is 0.312 e. The number of benzene rings is 4. The van der Waals surface area contributed by atoms with Crippen molar-refractivity contribution in [2.45, 2.75) is 159 Å². The number of nitrogens with two attached hydrogens (primary N) is 4. The number of phenols is 1. The molecule has 556 valence electrons. The molecule has 33 heteroatoms. The normalized spacial score (nSPS) is 15.1. The molecule has 31 nitrogen and oxygen atoms in total. The van der Waals surface area contributed by atoms with Gasteiger partial charge in [0.05, 0.1) is 6.61 Å². The Morgan fingerprint density at radius 1 is 0.573 bits per heavy atom. The fraction of sp³-hybridized carbons (Fsp3) is 0.429. The lowest BCUT2D eigenvalue weighted by Crippen LogP contribution is -2.61. The van der Waals surface area contributed by atoms with E-state index in [0.717, 1.165) is 10.8 Å². The number of primary amides is 2. The number of urea groups is 1. The monoisotopic (exact) mass is 1470 g/mol. The van der Waals surface area contributed by atoms with E-state index in [1.54, 1.807) is 50.2 Å². The predicted molar refractivity (Wildman–Crippen MR) is 386 cm³/mol. The summed E-state index contributed by atoms with van der Waals surface area (Å²) in [5.41, 5.74) is 23.9. The van der Waals surface area contributed by atoms with Gasteiger partial charge in [-0.1, -0.05) is 98.2 Å². The number of aliphatic imine (C=N–C) groups is 1. The van der Waals surface area contributed by atoms with Crippen molar-refractivity contribution < 1.29 is 67.7 Å². The zero-order valence-electron chi connectivity index (χ0n) is 57.7. The molecule has 5 aromatic rings. The number of carbonyl (C=O) groups is 12. The minimum Gasteiger partial charge on any atom is -0.508 e. The maximum atomic E-state index is 14.9. The number of nitrogens with zero attached hydrogens (tertiary/aromatic N) is 3. The number of phenolic OH excluding ortho intramolecular Hbond substituents is 1. The van der Waals surface area contributed by atoms with Crippen LogP contribution in [0, 0.1) is 5.92 Å². The highest BCUT2D eigenvalue weighted by Gasteiger charge is 2.40. The number of hydrogen-bond acceptors (Lipinski definition) is 16. The Kier molecular flexibility index (Phi) is 33.3. The number of rotatable bonds is 38. The number of amides is 13. The fourth-order valence-electron chi connectivity index (χ4n) is 11.4. The lowest BCUT2D eigenvalue weighted by molar-refractivity contribution is -0.142. The van der Waals surface area contributed by atoms with Crippen LogP contribution in [0.5, 0.6) is 5.75 Å². The summed E-state index contributed by atoms with van der Waals surface area (Å²) in [6.45, 7) is 5.15. The third-order valence-corrected chi connectivity index (χ3v) is 16.9. The minimum atomic E-state index is -1.85. The van der Waals surface area contributed by atoms with Gasteiger partial charge in [-0.05, 0) is 121 Å². The van der Waals surface area contributed by atoms with E-state index in [4.69, 9.17) is 34.5 Å². The first-order valence-corrected chi connectivity index (χ1v) is 33.8. The molecule has 0 bridgehead atoms. The van der Waals surface area contributed by atoms with Crippen molar-refractivity contribution >= 4 is 112 Å². The predicted octanol–water partition coefficient (Wildman–Crippen LogP) is -0.294. The lowest BCUT2D eigenvalue weighted by Gasteiger charge is -2.31. The van der Waals surface area contributed by atoms with Crippen LogP contribution in [0.4, 0.5) is 4.79 Å². The van der Waals surface area contributed by atoms with Crippen LogP contribution in [0.15, 0.2) is 121 Å². The maximum Gasteiger partial charge on any atom is 0.312 e. The number of fused-ring (bicyclic) bond motifs is 1. The molecule has 10 atom stereocenters. The summed E-state index contributed by atoms with van der Waals surface area (Å²) in [5.74, 6) is -9.82. The van der Waals surface area contributed by atoms with E-state index in [1.807, 2.05) is 42.5 Å². The molecule has 6 rings (SSSR count). The second-order valence-corrected chi connectivity index (χ2v) is 25.8. The van der Waals surface area contributed by atoms with Gasteiger partial charge in [-0.25, -0.2) is 4.79 Å². The Morgan fingerprint density at radius 3 is 1.62 bits per heavy atom. The van der Waals surface area contributed by atoms with Crippen molar-refractivity contribution in [1.82, 2.24) is 63.1 Å². The van der Waals surface area contributed by atoms with Gasteiger partial charge < -0.3 is 91.2 Å². The second-order valence-electron chi connectivity index (χ2n) is 25.4. The molecule has 1 aliphatic rings. The van der Waals surface area contributed by atoms with E-state index >= 15 is 0 Å². The number of aromatic nitrogens is 1. The number of aliphatic hydroxyl groups excluding tert-OH is 1. The number of nitrogens with one attached hydrogen (secondary N) is 10. The van der Waals surface area contributed by atoms with E-state index in [2.05, 4.69) is 63.1 Å². The summed E-state index contributed by atoms with van der Waals surface area (Å²) in [7, 11) is 0. The molecule has 0 aliphatic carbocycles. The average Bonchev–Trinajstić information content (AvgIpc) is 1.61. The molecule has 1 saturated heterocycles. The highest BCUT2D eigenvalue weighted by atomic mass is 35.5. The van der Waals surface area contributed by atoms with Gasteiger partial charge >= 0.3 is 6.03 Å². The van der Waals surface area contributed by atoms with Crippen LogP contribution in [0.25, 0.3) is 10.8 Å². The Bertz CT molecular complexity index is 3780. The van der Waals surface area contributed by atoms with Crippen LogP contribution < -0.4 is 76.1 Å². The molecule has 13 amide bonds. The van der Waals surface area contributed by atoms with Gasteiger partial charge in [-0.15, -0.1) is 12.4 Å². The highest BCUT2D eigenvalue weighted by Crippen LogP contribution is 2.22. The first kappa shape index (κ1) is 83.0. The first-order chi connectivity index (χ1) is 48.6. The van der Waals surface area contributed by atoms with Gasteiger partial charge in [0.1, 0.15) is 66.2 Å². The van der Waals surface area contributed by atoms with E-state index in [9.17, 15) is 67.7 Å². The molecule has 0 unspecified atom stereocenters. The molecular weight excluding hydrogens is 1370 g/mol. The van der Waals surface area contributed by atoms with Crippen LogP contribution in [0.3, 0.4) is 0 Å². The quantitative estimate of drug-likeness (QED) is 0.0137. The van der Waals surface area contributed by atoms with E-state index < -0.39 is 138 Å². The van der Waals surface area contributed by atoms with Gasteiger partial charge in [0.2, 0.25) is 65.0 Å². The molecule has 4 aromatic carbocycles. The average molecular weight is 1470 g/mol. The van der Waals surface area contributed by atoms with Gasteiger partial charge in [0.25, 0.3) is 0 Å². The third kappa shape index (κ3) is 27.3. The highest BCUT2D eigenvalue weighted by molar-refractivity contribution is 6.30. The summed E-state index contributed by atoms with van der Waals surface area (Å²) in [6.07, 6.45) is 2.70. The third-order valence-electron chi connectivity index (χ3n) is 16.7. The number of pyridine rings is 1. The van der Waals surface area contributed by atoms with Gasteiger partial charge in [0, 0.05) is 69.7 Å². The van der Waals surface area contributed by atoms with Crippen molar-refractivity contribution in [3.05, 3.63) is 143 Å². The van der Waals surface area contributed by atoms with Gasteiger partial charge in [0.15, 0.2) is 5.96 Å². The topological polar surface area (TPSA) is 498 Å². The van der Waals surface area contributed by atoms with Crippen molar-refractivity contribution in [3.8, 4) is 5.75 Å². The first-order valence-electron chi connectivity index (χ1n) is 33.5. The molecule has 1 fully saturated rings. The summed E-state index contributed by atoms with van der Waals surface area (Å²) in [4.78, 5) is 176. The molecule has 1 aromatic heterocycles. The molecular formula is C70H93Cl2N17O14. The zero-order valence-corrected chi connectivity index (χ0v) is 59.2. The Balaban J connectivity index is 0.0000191. The molecule has 1 aliphatic heterocycles. The number of carbonyl (C=O) groups excluding carboxylic acids is 12. The van der Waals surface area contributed by atoms with E-state index in [1.165, 1.54) is 55.4 Å². The zero-order chi connectivity index (χ0) is 74.6. The van der Waals surface area contributed by atoms with Gasteiger partial charge in [-0.2, -0.15) is 0 Å². The van der Waals surface area contributed by atoms with Gasteiger partial charge in [-0.3, -0.25) is 62.7 Å². The molecule has 0 radical (unpaired) electrons. The van der Waals surface area contributed by atoms with E-state index in [-0.39, 0.29) is 114 Å². The van der Waals surface area contributed by atoms with Crippen molar-refractivity contribution in [2.24, 2.45) is 33.8 Å².